The van der Waals surface area contributed by atoms with Gasteiger partial charge in [-0.05, 0) is 43.2 Å². The zero-order valence-corrected chi connectivity index (χ0v) is 23.9. The Morgan fingerprint density at radius 1 is 1.00 bits per heavy atom. The fraction of sp³-hybridized carbons (Fsp3) is 0.469. The van der Waals surface area contributed by atoms with Crippen LogP contribution in [0.4, 0.5) is 0 Å². The molecule has 1 saturated heterocycles. The van der Waals surface area contributed by atoms with Crippen LogP contribution in [0.3, 0.4) is 0 Å². The molecular weight excluding hydrogens is 534 g/mol. The van der Waals surface area contributed by atoms with E-state index in [-0.39, 0.29) is 29.1 Å². The summed E-state index contributed by atoms with van der Waals surface area (Å²) in [6.07, 6.45) is 5.98. The molecule has 4 rings (SSSR count). The first kappa shape index (κ1) is 30.4. The summed E-state index contributed by atoms with van der Waals surface area (Å²) < 4.78 is 0. The fourth-order valence-corrected chi connectivity index (χ4v) is 5.65. The molecule has 1 saturated carbocycles. The second kappa shape index (κ2) is 14.4. The van der Waals surface area contributed by atoms with Gasteiger partial charge in [-0.1, -0.05) is 51.3 Å². The van der Waals surface area contributed by atoms with E-state index in [9.17, 15) is 24.0 Å². The lowest BCUT2D eigenvalue weighted by Crippen LogP contribution is -2.49. The Labute approximate surface area is 244 Å². The van der Waals surface area contributed by atoms with Gasteiger partial charge in [0, 0.05) is 29.4 Å². The summed E-state index contributed by atoms with van der Waals surface area (Å²) in [7, 11) is 0. The van der Waals surface area contributed by atoms with Crippen LogP contribution >= 0.6 is 0 Å². The first-order valence-corrected chi connectivity index (χ1v) is 14.5. The minimum Gasteiger partial charge on any atom is -0.379 e. The predicted molar refractivity (Wildman–Crippen MR) is 159 cm³/mol. The molecule has 10 nitrogen and oxygen atoms in total. The van der Waals surface area contributed by atoms with E-state index in [0.717, 1.165) is 30.2 Å². The topological polar surface area (TPSA) is 149 Å². The molecule has 1 aliphatic heterocycles. The molecule has 0 unspecified atom stereocenters. The Morgan fingerprint density at radius 2 is 1.76 bits per heavy atom. The number of hydrogen-bond donors (Lipinski definition) is 5. The highest BCUT2D eigenvalue weighted by molar-refractivity contribution is 5.98. The van der Waals surface area contributed by atoms with Gasteiger partial charge >= 0.3 is 0 Å². The number of benzene rings is 1. The van der Waals surface area contributed by atoms with Gasteiger partial charge in [0.05, 0.1) is 23.8 Å². The Morgan fingerprint density at radius 3 is 2.38 bits per heavy atom. The van der Waals surface area contributed by atoms with Crippen LogP contribution in [0.5, 0.6) is 0 Å². The number of carbonyl (C=O) groups is 1. The highest BCUT2D eigenvalue weighted by Gasteiger charge is 2.32. The van der Waals surface area contributed by atoms with Gasteiger partial charge < -0.3 is 26.3 Å². The van der Waals surface area contributed by atoms with Crippen molar-refractivity contribution < 1.29 is 24.0 Å². The number of fused-ring (bicyclic) bond motifs is 1. The van der Waals surface area contributed by atoms with Gasteiger partial charge in [0.15, 0.2) is 0 Å². The lowest BCUT2D eigenvalue weighted by molar-refractivity contribution is 0.0928. The molecule has 2 fully saturated rings. The Balaban J connectivity index is 1.53. The molecule has 1 aromatic heterocycles. The summed E-state index contributed by atoms with van der Waals surface area (Å²) >= 11 is 0. The van der Waals surface area contributed by atoms with Crippen LogP contribution in [-0.4, -0.2) is 59.3 Å². The maximum Gasteiger partial charge on any atom is 0.268 e. The van der Waals surface area contributed by atoms with E-state index in [1.807, 2.05) is 55.9 Å². The number of aromatic nitrogens is 1. The number of aromatic amines is 1. The molecule has 2 aliphatic rings. The molecular formula is C32H37N5O5. The zero-order chi connectivity index (χ0) is 30.1. The van der Waals surface area contributed by atoms with Crippen molar-refractivity contribution in [2.45, 2.75) is 70.5 Å². The molecule has 1 aromatic carbocycles. The van der Waals surface area contributed by atoms with Gasteiger partial charge in [0.2, 0.25) is 0 Å². The molecule has 1 aliphatic carbocycles. The van der Waals surface area contributed by atoms with E-state index in [0.29, 0.717) is 43.1 Å². The van der Waals surface area contributed by atoms with Crippen LogP contribution < -0.4 is 21.3 Å². The molecule has 42 heavy (non-hydrogen) atoms. The van der Waals surface area contributed by atoms with Crippen molar-refractivity contribution in [3.05, 3.63) is 59.2 Å². The van der Waals surface area contributed by atoms with E-state index in [1.165, 1.54) is 6.08 Å². The quantitative estimate of drug-likeness (QED) is 0.217. The first-order chi connectivity index (χ1) is 20.4. The third-order valence-electron chi connectivity index (χ3n) is 8.21. The minimum atomic E-state index is -0.714. The number of allylic oxidation sites excluding steroid dienone is 1. The molecule has 0 radical (unpaired) electrons. The second-order valence-corrected chi connectivity index (χ2v) is 11.4. The predicted octanol–water partition coefficient (Wildman–Crippen LogP) is 2.56. The summed E-state index contributed by atoms with van der Waals surface area (Å²) in [4.78, 5) is 63.6. The third-order valence-corrected chi connectivity index (χ3v) is 8.21. The van der Waals surface area contributed by atoms with Crippen molar-refractivity contribution in [1.82, 2.24) is 26.3 Å². The number of carbonyl (C=O) groups excluding carboxylic acids is 5. The van der Waals surface area contributed by atoms with Crippen molar-refractivity contribution in [3.63, 3.8) is 0 Å². The van der Waals surface area contributed by atoms with Crippen LogP contribution in [0, 0.1) is 17.8 Å². The highest BCUT2D eigenvalue weighted by atomic mass is 16.2. The first-order valence-electron chi connectivity index (χ1n) is 14.5. The van der Waals surface area contributed by atoms with E-state index < -0.39 is 18.1 Å². The van der Waals surface area contributed by atoms with E-state index in [4.69, 9.17) is 0 Å². The molecule has 10 heteroatoms. The summed E-state index contributed by atoms with van der Waals surface area (Å²) in [5.74, 6) is 7.29. The largest absolute Gasteiger partial charge is 0.379 e. The van der Waals surface area contributed by atoms with E-state index in [2.05, 4.69) is 26.3 Å². The number of H-pyrrole nitrogens is 1. The third kappa shape index (κ3) is 7.38. The minimum absolute atomic E-state index is 0.113. The van der Waals surface area contributed by atoms with Crippen LogP contribution in [-0.2, 0) is 19.2 Å². The Kier molecular flexibility index (Phi) is 10.4. The van der Waals surface area contributed by atoms with Crippen LogP contribution in [0.2, 0.25) is 0 Å². The zero-order valence-electron chi connectivity index (χ0n) is 23.9. The highest BCUT2D eigenvalue weighted by Crippen LogP contribution is 2.32. The molecule has 1 amide bonds. The molecule has 0 bridgehead atoms. The number of para-hydroxylation sites is 1. The monoisotopic (exact) mass is 571 g/mol. The van der Waals surface area contributed by atoms with Crippen molar-refractivity contribution in [2.24, 2.45) is 17.8 Å². The van der Waals surface area contributed by atoms with Gasteiger partial charge in [-0.3, -0.25) is 4.79 Å². The second-order valence-electron chi connectivity index (χ2n) is 11.4. The SMILES string of the molecule is CC(C)[C@H](NC(=O)c1cc2ccccc2[nH]1)C(=C=O)N[C@@H](CC1CCC1)C(=C=O)N[C@H](C=C=O)C[C@@H]1CCNC1=C=O. The van der Waals surface area contributed by atoms with Crippen LogP contribution in [0.15, 0.2) is 53.5 Å². The van der Waals surface area contributed by atoms with Crippen LogP contribution in [0.25, 0.3) is 10.9 Å². The number of hydrogen-bond acceptors (Lipinski definition) is 8. The molecule has 2 heterocycles. The summed E-state index contributed by atoms with van der Waals surface area (Å²) in [6.45, 7) is 4.39. The van der Waals surface area contributed by atoms with E-state index in [1.54, 1.807) is 12.0 Å². The number of nitrogens with one attached hydrogen (secondary N) is 5. The lowest BCUT2D eigenvalue weighted by Gasteiger charge is -2.34. The maximum absolute atomic E-state index is 13.2. The number of amides is 1. The average molecular weight is 572 g/mol. The Hall–Kier alpha value is -4.57. The summed E-state index contributed by atoms with van der Waals surface area (Å²) in [5.41, 5.74) is 1.89. The molecule has 0 spiro atoms. The molecule has 4 atom stereocenters. The summed E-state index contributed by atoms with van der Waals surface area (Å²) in [5, 5.41) is 13.1. The molecule has 220 valence electrons. The smallest absolute Gasteiger partial charge is 0.268 e. The lowest BCUT2D eigenvalue weighted by atomic mass is 9.80. The van der Waals surface area contributed by atoms with Crippen molar-refractivity contribution in [2.75, 3.05) is 6.54 Å². The molecule has 5 N–H and O–H groups in total. The van der Waals surface area contributed by atoms with E-state index >= 15 is 0 Å². The van der Waals surface area contributed by atoms with Gasteiger partial charge in [0.25, 0.3) is 5.91 Å². The Bertz CT molecular complexity index is 1450. The number of rotatable bonds is 14. The van der Waals surface area contributed by atoms with Crippen LogP contribution in [0.1, 0.15) is 62.9 Å². The van der Waals surface area contributed by atoms with Gasteiger partial charge in [-0.25, -0.2) is 19.2 Å². The van der Waals surface area contributed by atoms with Gasteiger partial charge in [0.1, 0.15) is 40.9 Å². The van der Waals surface area contributed by atoms with Gasteiger partial charge in [-0.15, -0.1) is 0 Å². The fourth-order valence-electron chi connectivity index (χ4n) is 5.65. The van der Waals surface area contributed by atoms with Gasteiger partial charge in [-0.2, -0.15) is 0 Å². The van der Waals surface area contributed by atoms with Crippen molar-refractivity contribution >= 4 is 40.6 Å². The standard InChI is InChI=1S/C32H37N5O5/c1-20(2)31(37-32(42)27-16-22-8-3-4-9-25(22)35-27)30(19-41)36-26(14-21-6-5-7-21)29(18-40)34-24(11-13-38)15-23-10-12-33-28(23)17-39/h3-4,8-9,11,16,20-21,23-24,26,31,33-36H,5-7,10,12,14-15H2,1-2H3,(H,37,42)/t23-,24+,26-,31-/m0/s1. The van der Waals surface area contributed by atoms with Crippen molar-refractivity contribution in [1.29, 1.82) is 0 Å². The normalized spacial score (nSPS) is 18.3. The van der Waals surface area contributed by atoms with Crippen molar-refractivity contribution in [3.8, 4) is 0 Å². The summed E-state index contributed by atoms with van der Waals surface area (Å²) in [6, 6.07) is 7.35. The molecule has 2 aromatic rings. The average Bonchev–Trinajstić information content (AvgIpc) is 3.61. The maximum atomic E-state index is 13.2.